The van der Waals surface area contributed by atoms with Crippen molar-refractivity contribution in [3.05, 3.63) is 0 Å². The van der Waals surface area contributed by atoms with Crippen LogP contribution in [-0.4, -0.2) is 42.5 Å². The zero-order chi connectivity index (χ0) is 15.4. The van der Waals surface area contributed by atoms with Crippen molar-refractivity contribution in [1.29, 1.82) is 0 Å². The van der Waals surface area contributed by atoms with E-state index in [1.54, 1.807) is 0 Å². The summed E-state index contributed by atoms with van der Waals surface area (Å²) >= 11 is 0. The summed E-state index contributed by atoms with van der Waals surface area (Å²) in [7, 11) is 0. The van der Waals surface area contributed by atoms with Crippen molar-refractivity contribution in [2.45, 2.75) is 65.0 Å². The molecule has 1 saturated carbocycles. The predicted octanol–water partition coefficient (Wildman–Crippen LogP) is 1.99. The zero-order valence-corrected chi connectivity index (χ0v) is 14.0. The van der Waals surface area contributed by atoms with Crippen molar-refractivity contribution in [1.82, 2.24) is 10.2 Å². The monoisotopic (exact) mass is 295 g/mol. The Morgan fingerprint density at radius 3 is 2.52 bits per heavy atom. The molecular formula is C17H33N3O. The summed E-state index contributed by atoms with van der Waals surface area (Å²) in [5.74, 6) is 2.12. The maximum absolute atomic E-state index is 12.1. The van der Waals surface area contributed by atoms with Gasteiger partial charge in [-0.1, -0.05) is 20.3 Å². The highest BCUT2D eigenvalue weighted by molar-refractivity contribution is 5.76. The standard InChI is InChI=1S/C17H33N3O/c1-12-7-13(2)10-20(9-12)11-14(3)19-17(21)8-15-5-4-6-16(15)18/h12-16H,4-11,18H2,1-3H3,(H,19,21)/t12?,13?,14?,15-,16+/m0/s1. The van der Waals surface area contributed by atoms with Gasteiger partial charge in [0.2, 0.25) is 5.91 Å². The van der Waals surface area contributed by atoms with Crippen LogP contribution in [0, 0.1) is 17.8 Å². The first kappa shape index (κ1) is 16.8. The van der Waals surface area contributed by atoms with E-state index < -0.39 is 0 Å². The van der Waals surface area contributed by atoms with Gasteiger partial charge in [-0.3, -0.25) is 4.79 Å². The van der Waals surface area contributed by atoms with E-state index in [4.69, 9.17) is 5.73 Å². The van der Waals surface area contributed by atoms with Gasteiger partial charge in [0.1, 0.15) is 0 Å². The number of carbonyl (C=O) groups is 1. The average Bonchev–Trinajstić information content (AvgIpc) is 2.73. The first-order valence-electron chi connectivity index (χ1n) is 8.71. The molecule has 4 heteroatoms. The van der Waals surface area contributed by atoms with Gasteiger partial charge in [0, 0.05) is 38.1 Å². The van der Waals surface area contributed by atoms with E-state index in [0.29, 0.717) is 12.3 Å². The minimum Gasteiger partial charge on any atom is -0.352 e. The van der Waals surface area contributed by atoms with Crippen molar-refractivity contribution in [2.24, 2.45) is 23.5 Å². The Bertz CT molecular complexity index is 337. The summed E-state index contributed by atoms with van der Waals surface area (Å²) < 4.78 is 0. The lowest BCUT2D eigenvalue weighted by atomic mass is 9.91. The fourth-order valence-corrected chi connectivity index (χ4v) is 4.26. The number of piperidine rings is 1. The third-order valence-corrected chi connectivity index (χ3v) is 5.05. The molecule has 0 aromatic carbocycles. The van der Waals surface area contributed by atoms with Gasteiger partial charge >= 0.3 is 0 Å². The quantitative estimate of drug-likeness (QED) is 0.815. The van der Waals surface area contributed by atoms with Crippen LogP contribution in [0.1, 0.15) is 52.9 Å². The summed E-state index contributed by atoms with van der Waals surface area (Å²) in [6, 6.07) is 0.461. The number of nitrogens with two attached hydrogens (primary N) is 1. The molecule has 2 rings (SSSR count). The van der Waals surface area contributed by atoms with Crippen LogP contribution < -0.4 is 11.1 Å². The summed E-state index contributed by atoms with van der Waals surface area (Å²) in [4.78, 5) is 14.6. The number of rotatable bonds is 5. The minimum atomic E-state index is 0.183. The van der Waals surface area contributed by atoms with Crippen molar-refractivity contribution in [3.8, 4) is 0 Å². The van der Waals surface area contributed by atoms with Crippen LogP contribution in [0.15, 0.2) is 0 Å². The number of hydrogen-bond acceptors (Lipinski definition) is 3. The molecule has 1 aliphatic heterocycles. The number of likely N-dealkylation sites (tertiary alicyclic amines) is 1. The molecule has 1 aliphatic carbocycles. The van der Waals surface area contributed by atoms with E-state index in [-0.39, 0.29) is 18.0 Å². The molecule has 1 heterocycles. The molecule has 4 nitrogen and oxygen atoms in total. The largest absolute Gasteiger partial charge is 0.352 e. The molecule has 3 N–H and O–H groups in total. The lowest BCUT2D eigenvalue weighted by Crippen LogP contribution is -2.47. The van der Waals surface area contributed by atoms with Crippen molar-refractivity contribution in [3.63, 3.8) is 0 Å². The Kier molecular flexibility index (Phi) is 6.06. The highest BCUT2D eigenvalue weighted by Crippen LogP contribution is 2.26. The predicted molar refractivity (Wildman–Crippen MR) is 86.9 cm³/mol. The molecule has 2 fully saturated rings. The number of nitrogens with zero attached hydrogens (tertiary/aromatic N) is 1. The highest BCUT2D eigenvalue weighted by Gasteiger charge is 2.27. The molecule has 0 radical (unpaired) electrons. The van der Waals surface area contributed by atoms with Gasteiger partial charge < -0.3 is 16.0 Å². The zero-order valence-electron chi connectivity index (χ0n) is 14.0. The molecule has 2 aliphatic rings. The first-order chi connectivity index (χ1) is 9.94. The molecule has 122 valence electrons. The second-order valence-corrected chi connectivity index (χ2v) is 7.69. The molecule has 0 aromatic heterocycles. The summed E-state index contributed by atoms with van der Waals surface area (Å²) in [6.07, 6.45) is 5.31. The van der Waals surface area contributed by atoms with E-state index in [0.717, 1.165) is 44.3 Å². The van der Waals surface area contributed by atoms with Gasteiger partial charge in [-0.25, -0.2) is 0 Å². The molecule has 21 heavy (non-hydrogen) atoms. The van der Waals surface area contributed by atoms with Crippen LogP contribution in [-0.2, 0) is 4.79 Å². The van der Waals surface area contributed by atoms with Crippen LogP contribution in [0.2, 0.25) is 0 Å². The molecule has 1 saturated heterocycles. The van der Waals surface area contributed by atoms with E-state index in [1.165, 1.54) is 12.8 Å². The molecule has 0 bridgehead atoms. The molecule has 0 spiro atoms. The van der Waals surface area contributed by atoms with Crippen LogP contribution in [0.25, 0.3) is 0 Å². The smallest absolute Gasteiger partial charge is 0.220 e. The molecule has 5 atom stereocenters. The third-order valence-electron chi connectivity index (χ3n) is 5.05. The molecule has 1 amide bonds. The SMILES string of the molecule is CC1CC(C)CN(CC(C)NC(=O)C[C@@H]2CCC[C@H]2N)C1. The van der Waals surface area contributed by atoms with Gasteiger partial charge in [0.05, 0.1) is 0 Å². The van der Waals surface area contributed by atoms with Crippen molar-refractivity contribution in [2.75, 3.05) is 19.6 Å². The lowest BCUT2D eigenvalue weighted by Gasteiger charge is -2.36. The van der Waals surface area contributed by atoms with Gasteiger partial charge in [-0.2, -0.15) is 0 Å². The van der Waals surface area contributed by atoms with E-state index >= 15 is 0 Å². The normalized spacial score (nSPS) is 35.6. The molecule has 0 aromatic rings. The third kappa shape index (κ3) is 5.26. The van der Waals surface area contributed by atoms with Crippen molar-refractivity contribution < 1.29 is 4.79 Å². The fourth-order valence-electron chi connectivity index (χ4n) is 4.26. The topological polar surface area (TPSA) is 58.4 Å². The number of hydrogen-bond donors (Lipinski definition) is 2. The van der Waals surface area contributed by atoms with Crippen LogP contribution in [0.4, 0.5) is 0 Å². The van der Waals surface area contributed by atoms with Crippen LogP contribution in [0.5, 0.6) is 0 Å². The summed E-state index contributed by atoms with van der Waals surface area (Å²) in [6.45, 7) is 10.1. The van der Waals surface area contributed by atoms with E-state index in [2.05, 4.69) is 31.0 Å². The van der Waals surface area contributed by atoms with Crippen molar-refractivity contribution >= 4 is 5.91 Å². The van der Waals surface area contributed by atoms with E-state index in [1.807, 2.05) is 0 Å². The lowest BCUT2D eigenvalue weighted by molar-refractivity contribution is -0.122. The molecular weight excluding hydrogens is 262 g/mol. The maximum atomic E-state index is 12.1. The Labute approximate surface area is 129 Å². The second kappa shape index (κ2) is 7.59. The number of nitrogens with one attached hydrogen (secondary N) is 1. The van der Waals surface area contributed by atoms with Gasteiger partial charge in [-0.15, -0.1) is 0 Å². The maximum Gasteiger partial charge on any atom is 0.220 e. The Balaban J connectivity index is 1.70. The fraction of sp³-hybridized carbons (Fsp3) is 0.941. The second-order valence-electron chi connectivity index (χ2n) is 7.69. The van der Waals surface area contributed by atoms with Gasteiger partial charge in [0.25, 0.3) is 0 Å². The number of carbonyl (C=O) groups excluding carboxylic acids is 1. The van der Waals surface area contributed by atoms with Crippen LogP contribution in [0.3, 0.4) is 0 Å². The van der Waals surface area contributed by atoms with Gasteiger partial charge in [0.15, 0.2) is 0 Å². The van der Waals surface area contributed by atoms with Crippen LogP contribution >= 0.6 is 0 Å². The Morgan fingerprint density at radius 2 is 1.95 bits per heavy atom. The minimum absolute atomic E-state index is 0.183. The number of amides is 1. The summed E-state index contributed by atoms with van der Waals surface area (Å²) in [5.41, 5.74) is 6.05. The highest BCUT2D eigenvalue weighted by atomic mass is 16.1. The summed E-state index contributed by atoms with van der Waals surface area (Å²) in [5, 5.41) is 3.17. The van der Waals surface area contributed by atoms with E-state index in [9.17, 15) is 4.79 Å². The Morgan fingerprint density at radius 1 is 1.29 bits per heavy atom. The average molecular weight is 295 g/mol. The molecule has 3 unspecified atom stereocenters. The first-order valence-corrected chi connectivity index (χ1v) is 8.71. The van der Waals surface area contributed by atoms with Gasteiger partial charge in [-0.05, 0) is 43.9 Å². The Hall–Kier alpha value is -0.610.